The lowest BCUT2D eigenvalue weighted by atomic mass is 10.3. The predicted octanol–water partition coefficient (Wildman–Crippen LogP) is 2.99. The fraction of sp³-hybridized carbons (Fsp3) is 0.308. The third-order valence-electron chi connectivity index (χ3n) is 2.32. The van der Waals surface area contributed by atoms with E-state index < -0.39 is 0 Å². The molecule has 0 aliphatic rings. The highest BCUT2D eigenvalue weighted by molar-refractivity contribution is 7.98. The average molecular weight is 260 g/mol. The van der Waals surface area contributed by atoms with E-state index in [0.29, 0.717) is 0 Å². The van der Waals surface area contributed by atoms with Crippen LogP contribution in [-0.2, 0) is 5.75 Å². The van der Waals surface area contributed by atoms with Crippen LogP contribution >= 0.6 is 11.8 Å². The van der Waals surface area contributed by atoms with E-state index in [-0.39, 0.29) is 0 Å². The number of rotatable bonds is 6. The zero-order valence-electron chi connectivity index (χ0n) is 10.3. The molecule has 94 valence electrons. The van der Waals surface area contributed by atoms with Crippen LogP contribution in [0.3, 0.4) is 0 Å². The first-order chi connectivity index (χ1) is 8.88. The molecule has 0 aliphatic heterocycles. The molecule has 2 rings (SSSR count). The van der Waals surface area contributed by atoms with E-state index in [1.54, 1.807) is 24.3 Å². The van der Waals surface area contributed by atoms with Crippen LogP contribution in [0.25, 0.3) is 0 Å². The first-order valence-corrected chi connectivity index (χ1v) is 6.94. The molecule has 0 radical (unpaired) electrons. The van der Waals surface area contributed by atoms with Gasteiger partial charge in [-0.15, -0.1) is 0 Å². The molecule has 2 heterocycles. The topological polar surface area (TPSA) is 50.7 Å². The van der Waals surface area contributed by atoms with Gasteiger partial charge < -0.3 is 5.32 Å². The van der Waals surface area contributed by atoms with Gasteiger partial charge in [-0.1, -0.05) is 18.7 Å². The lowest BCUT2D eigenvalue weighted by molar-refractivity contribution is 0.977. The Kier molecular flexibility index (Phi) is 4.96. The molecule has 0 aromatic carbocycles. The normalized spacial score (nSPS) is 10.3. The van der Waals surface area contributed by atoms with Crippen molar-refractivity contribution in [1.29, 1.82) is 0 Å². The van der Waals surface area contributed by atoms with E-state index in [2.05, 4.69) is 33.3 Å². The molecule has 0 fully saturated rings. The summed E-state index contributed by atoms with van der Waals surface area (Å²) in [4.78, 5) is 12.4. The molecule has 2 aromatic rings. The lowest BCUT2D eigenvalue weighted by Crippen LogP contribution is -2.00. The van der Waals surface area contributed by atoms with E-state index in [1.807, 2.05) is 18.3 Å². The molecule has 0 saturated heterocycles. The molecule has 0 amide bonds. The molecule has 0 bridgehead atoms. The van der Waals surface area contributed by atoms with Crippen LogP contribution in [0.5, 0.6) is 0 Å². The standard InChI is InChI=1S/C13H16N4S/c1-2-5-15-11-3-7-16-12(8-11)9-18-13-4-6-14-10-17-13/h3-4,6-8,10H,2,5,9H2,1H3,(H,15,16). The van der Waals surface area contributed by atoms with Crippen molar-refractivity contribution in [3.63, 3.8) is 0 Å². The molecular formula is C13H16N4S. The summed E-state index contributed by atoms with van der Waals surface area (Å²) < 4.78 is 0. The van der Waals surface area contributed by atoms with Gasteiger partial charge in [0.05, 0.1) is 10.7 Å². The van der Waals surface area contributed by atoms with Gasteiger partial charge in [-0.05, 0) is 24.6 Å². The first kappa shape index (κ1) is 12.8. The summed E-state index contributed by atoms with van der Waals surface area (Å²) in [7, 11) is 0. The molecule has 0 spiro atoms. The van der Waals surface area contributed by atoms with E-state index in [0.717, 1.165) is 35.1 Å². The Morgan fingerprint density at radius 2 is 2.17 bits per heavy atom. The second kappa shape index (κ2) is 6.96. The molecule has 0 saturated carbocycles. The third-order valence-corrected chi connectivity index (χ3v) is 3.30. The molecule has 5 heteroatoms. The smallest absolute Gasteiger partial charge is 0.116 e. The first-order valence-electron chi connectivity index (χ1n) is 5.96. The van der Waals surface area contributed by atoms with Crippen LogP contribution < -0.4 is 5.32 Å². The number of pyridine rings is 1. The second-order valence-electron chi connectivity index (χ2n) is 3.80. The van der Waals surface area contributed by atoms with E-state index in [1.165, 1.54) is 0 Å². The fourth-order valence-electron chi connectivity index (χ4n) is 1.45. The number of aromatic nitrogens is 3. The molecule has 18 heavy (non-hydrogen) atoms. The minimum Gasteiger partial charge on any atom is -0.385 e. The van der Waals surface area contributed by atoms with Gasteiger partial charge in [0.2, 0.25) is 0 Å². The summed E-state index contributed by atoms with van der Waals surface area (Å²) >= 11 is 1.66. The van der Waals surface area contributed by atoms with Crippen LogP contribution in [0.1, 0.15) is 19.0 Å². The van der Waals surface area contributed by atoms with Crippen molar-refractivity contribution in [3.8, 4) is 0 Å². The number of anilines is 1. The van der Waals surface area contributed by atoms with Crippen LogP contribution in [0, 0.1) is 0 Å². The summed E-state index contributed by atoms with van der Waals surface area (Å²) in [6.07, 6.45) is 6.28. The lowest BCUT2D eigenvalue weighted by Gasteiger charge is -2.06. The van der Waals surface area contributed by atoms with Gasteiger partial charge in [0.1, 0.15) is 6.33 Å². The zero-order chi connectivity index (χ0) is 12.6. The molecule has 0 unspecified atom stereocenters. The van der Waals surface area contributed by atoms with Crippen LogP contribution in [-0.4, -0.2) is 21.5 Å². The Hall–Kier alpha value is -1.62. The molecule has 0 aliphatic carbocycles. The number of nitrogens with one attached hydrogen (secondary N) is 1. The summed E-state index contributed by atoms with van der Waals surface area (Å²) in [5.41, 5.74) is 2.19. The Balaban J connectivity index is 1.93. The van der Waals surface area contributed by atoms with Crippen molar-refractivity contribution < 1.29 is 0 Å². The molecular weight excluding hydrogens is 244 g/mol. The van der Waals surface area contributed by atoms with Crippen molar-refractivity contribution >= 4 is 17.4 Å². The van der Waals surface area contributed by atoms with Crippen molar-refractivity contribution in [2.24, 2.45) is 0 Å². The van der Waals surface area contributed by atoms with Crippen LogP contribution in [0.4, 0.5) is 5.69 Å². The number of hydrogen-bond acceptors (Lipinski definition) is 5. The van der Waals surface area contributed by atoms with Gasteiger partial charge in [0.25, 0.3) is 0 Å². The van der Waals surface area contributed by atoms with E-state index in [9.17, 15) is 0 Å². The predicted molar refractivity (Wildman–Crippen MR) is 74.6 cm³/mol. The maximum absolute atomic E-state index is 4.36. The molecule has 1 N–H and O–H groups in total. The SMILES string of the molecule is CCCNc1ccnc(CSc2ccncn2)c1. The number of nitrogens with zero attached hydrogens (tertiary/aromatic N) is 3. The van der Waals surface area contributed by atoms with Crippen LogP contribution in [0.15, 0.2) is 41.9 Å². The molecule has 4 nitrogen and oxygen atoms in total. The Morgan fingerprint density at radius 1 is 1.22 bits per heavy atom. The van der Waals surface area contributed by atoms with Gasteiger partial charge in [-0.3, -0.25) is 4.98 Å². The van der Waals surface area contributed by atoms with E-state index in [4.69, 9.17) is 0 Å². The van der Waals surface area contributed by atoms with Crippen molar-refractivity contribution in [1.82, 2.24) is 15.0 Å². The Morgan fingerprint density at radius 3 is 2.94 bits per heavy atom. The number of hydrogen-bond donors (Lipinski definition) is 1. The highest BCUT2D eigenvalue weighted by atomic mass is 32.2. The van der Waals surface area contributed by atoms with Crippen molar-refractivity contribution in [2.45, 2.75) is 24.1 Å². The quantitative estimate of drug-likeness (QED) is 0.639. The summed E-state index contributed by atoms with van der Waals surface area (Å²) in [6.45, 7) is 3.14. The zero-order valence-corrected chi connectivity index (χ0v) is 11.2. The monoisotopic (exact) mass is 260 g/mol. The molecule has 2 aromatic heterocycles. The van der Waals surface area contributed by atoms with Gasteiger partial charge in [0, 0.05) is 30.4 Å². The maximum atomic E-state index is 4.36. The van der Waals surface area contributed by atoms with Gasteiger partial charge in [0.15, 0.2) is 0 Å². The minimum atomic E-state index is 0.818. The highest BCUT2D eigenvalue weighted by Crippen LogP contribution is 2.20. The van der Waals surface area contributed by atoms with Gasteiger partial charge >= 0.3 is 0 Å². The molecule has 0 atom stereocenters. The van der Waals surface area contributed by atoms with Crippen molar-refractivity contribution in [2.75, 3.05) is 11.9 Å². The van der Waals surface area contributed by atoms with Gasteiger partial charge in [-0.2, -0.15) is 0 Å². The Labute approximate surface area is 111 Å². The van der Waals surface area contributed by atoms with Gasteiger partial charge in [-0.25, -0.2) is 9.97 Å². The Bertz CT molecular complexity index is 475. The third kappa shape index (κ3) is 4.00. The average Bonchev–Trinajstić information content (AvgIpc) is 2.44. The minimum absolute atomic E-state index is 0.818. The van der Waals surface area contributed by atoms with Crippen LogP contribution in [0.2, 0.25) is 0 Å². The summed E-state index contributed by atoms with van der Waals surface area (Å²) in [5, 5.41) is 4.33. The van der Waals surface area contributed by atoms with E-state index >= 15 is 0 Å². The summed E-state index contributed by atoms with van der Waals surface area (Å²) in [6, 6.07) is 5.99. The maximum Gasteiger partial charge on any atom is 0.116 e. The second-order valence-corrected chi connectivity index (χ2v) is 4.79. The van der Waals surface area contributed by atoms with Crippen molar-refractivity contribution in [3.05, 3.63) is 42.6 Å². The number of thioether (sulfide) groups is 1. The highest BCUT2D eigenvalue weighted by Gasteiger charge is 2.00. The summed E-state index contributed by atoms with van der Waals surface area (Å²) in [5.74, 6) is 0.818. The largest absolute Gasteiger partial charge is 0.385 e. The fourth-order valence-corrected chi connectivity index (χ4v) is 2.18.